The van der Waals surface area contributed by atoms with Crippen LogP contribution < -0.4 is 15.4 Å². The monoisotopic (exact) mass is 496 g/mol. The second-order valence-corrected chi connectivity index (χ2v) is 8.00. The van der Waals surface area contributed by atoms with Crippen LogP contribution >= 0.6 is 15.9 Å². The van der Waals surface area contributed by atoms with Gasteiger partial charge in [0.25, 0.3) is 11.8 Å². The van der Waals surface area contributed by atoms with Crippen molar-refractivity contribution < 1.29 is 19.1 Å². The Bertz CT molecular complexity index is 1070. The molecule has 3 aromatic rings. The maximum absolute atomic E-state index is 13.1. The molecule has 166 valence electrons. The van der Waals surface area contributed by atoms with Gasteiger partial charge in [-0.1, -0.05) is 58.4 Å². The molecule has 0 radical (unpaired) electrons. The highest BCUT2D eigenvalue weighted by Crippen LogP contribution is 2.25. The number of ether oxygens (including phenoxy) is 2. The topological polar surface area (TPSA) is 76.7 Å². The summed E-state index contributed by atoms with van der Waals surface area (Å²) >= 11 is 3.39. The fourth-order valence-corrected chi connectivity index (χ4v) is 3.48. The predicted molar refractivity (Wildman–Crippen MR) is 128 cm³/mol. The van der Waals surface area contributed by atoms with Crippen LogP contribution in [0.5, 0.6) is 5.75 Å². The Hall–Kier alpha value is -3.16. The molecule has 0 aliphatic carbocycles. The van der Waals surface area contributed by atoms with Crippen molar-refractivity contribution in [3.05, 3.63) is 94.0 Å². The molecule has 1 unspecified atom stereocenters. The molecular weight excluding hydrogens is 472 g/mol. The first-order valence-electron chi connectivity index (χ1n) is 10.2. The van der Waals surface area contributed by atoms with Crippen LogP contribution in [0, 0.1) is 0 Å². The number of methoxy groups -OCH3 is 1. The summed E-state index contributed by atoms with van der Waals surface area (Å²) in [5.74, 6) is -0.222. The number of amides is 2. The van der Waals surface area contributed by atoms with E-state index in [0.29, 0.717) is 35.8 Å². The number of nitrogens with one attached hydrogen (secondary N) is 2. The van der Waals surface area contributed by atoms with Gasteiger partial charge in [0.05, 0.1) is 29.5 Å². The molecule has 0 heterocycles. The first-order chi connectivity index (χ1) is 15.5. The van der Waals surface area contributed by atoms with Crippen molar-refractivity contribution in [3.8, 4) is 5.75 Å². The van der Waals surface area contributed by atoms with E-state index in [2.05, 4.69) is 26.6 Å². The van der Waals surface area contributed by atoms with Crippen molar-refractivity contribution in [1.29, 1.82) is 0 Å². The number of halogens is 1. The van der Waals surface area contributed by atoms with Gasteiger partial charge >= 0.3 is 0 Å². The normalized spacial score (nSPS) is 11.5. The molecular formula is C25H25BrN2O4. The fraction of sp³-hybridized carbons (Fsp3) is 0.200. The van der Waals surface area contributed by atoms with Crippen LogP contribution in [-0.2, 0) is 4.74 Å². The molecule has 0 fully saturated rings. The van der Waals surface area contributed by atoms with Crippen LogP contribution in [0.1, 0.15) is 39.2 Å². The summed E-state index contributed by atoms with van der Waals surface area (Å²) in [6.45, 7) is 2.63. The van der Waals surface area contributed by atoms with Crippen LogP contribution in [0.2, 0.25) is 0 Å². The van der Waals surface area contributed by atoms with Gasteiger partial charge in [-0.15, -0.1) is 0 Å². The minimum atomic E-state index is -0.380. The van der Waals surface area contributed by atoms with Gasteiger partial charge in [-0.05, 0) is 42.8 Å². The number of para-hydroxylation sites is 1. The van der Waals surface area contributed by atoms with Gasteiger partial charge < -0.3 is 20.1 Å². The van der Waals surface area contributed by atoms with E-state index in [0.717, 1.165) is 10.0 Å². The summed E-state index contributed by atoms with van der Waals surface area (Å²) in [7, 11) is 1.58. The number of carbonyl (C=O) groups excluding carboxylic acids is 2. The molecule has 0 aliphatic rings. The highest BCUT2D eigenvalue weighted by atomic mass is 79.9. The Morgan fingerprint density at radius 3 is 2.38 bits per heavy atom. The van der Waals surface area contributed by atoms with Crippen molar-refractivity contribution in [2.45, 2.75) is 13.0 Å². The number of anilines is 1. The number of benzene rings is 3. The van der Waals surface area contributed by atoms with Gasteiger partial charge in [-0.2, -0.15) is 0 Å². The van der Waals surface area contributed by atoms with E-state index < -0.39 is 0 Å². The predicted octanol–water partition coefficient (Wildman–Crippen LogP) is 5.22. The smallest absolute Gasteiger partial charge is 0.259 e. The molecule has 6 nitrogen and oxygen atoms in total. The zero-order chi connectivity index (χ0) is 22.9. The molecule has 3 rings (SSSR count). The Labute approximate surface area is 196 Å². The highest BCUT2D eigenvalue weighted by molar-refractivity contribution is 9.10. The van der Waals surface area contributed by atoms with Gasteiger partial charge in [0.1, 0.15) is 12.4 Å². The molecule has 7 heteroatoms. The summed E-state index contributed by atoms with van der Waals surface area (Å²) in [5.41, 5.74) is 2.14. The van der Waals surface area contributed by atoms with Gasteiger partial charge in [0.15, 0.2) is 0 Å². The molecule has 1 atom stereocenters. The van der Waals surface area contributed by atoms with E-state index in [1.807, 2.05) is 37.3 Å². The molecule has 0 saturated carbocycles. The molecule has 0 saturated heterocycles. The van der Waals surface area contributed by atoms with E-state index in [1.54, 1.807) is 49.6 Å². The minimum Gasteiger partial charge on any atom is -0.490 e. The quantitative estimate of drug-likeness (QED) is 0.398. The largest absolute Gasteiger partial charge is 0.490 e. The summed E-state index contributed by atoms with van der Waals surface area (Å²) < 4.78 is 11.4. The second kappa shape index (κ2) is 11.5. The van der Waals surface area contributed by atoms with Gasteiger partial charge in [-0.3, -0.25) is 9.59 Å². The van der Waals surface area contributed by atoms with E-state index in [1.165, 1.54) is 0 Å². The van der Waals surface area contributed by atoms with Gasteiger partial charge in [-0.25, -0.2) is 0 Å². The maximum Gasteiger partial charge on any atom is 0.259 e. The lowest BCUT2D eigenvalue weighted by Crippen LogP contribution is -2.28. The number of carbonyl (C=O) groups is 2. The molecule has 0 spiro atoms. The van der Waals surface area contributed by atoms with Crippen LogP contribution in [0.15, 0.2) is 77.3 Å². The van der Waals surface area contributed by atoms with Crippen LogP contribution in [0.4, 0.5) is 5.69 Å². The molecule has 32 heavy (non-hydrogen) atoms. The minimum absolute atomic E-state index is 0.182. The first-order valence-corrected chi connectivity index (χ1v) is 11.0. The molecule has 2 N–H and O–H groups in total. The Morgan fingerprint density at radius 2 is 1.62 bits per heavy atom. The Morgan fingerprint density at radius 1 is 0.906 bits per heavy atom. The SMILES string of the molecule is COCCOc1ccc(Br)cc1C(=O)Nc1ccccc1C(=O)NC(C)c1ccccc1. The maximum atomic E-state index is 13.1. The second-order valence-electron chi connectivity index (χ2n) is 7.09. The third-order valence-electron chi connectivity index (χ3n) is 4.80. The standard InChI is InChI=1S/C25H25BrN2O4/c1-17(18-8-4-3-5-9-18)27-24(29)20-10-6-7-11-22(20)28-25(30)21-16-19(26)12-13-23(21)32-15-14-31-2/h3-13,16-17H,14-15H2,1-2H3,(H,27,29)(H,28,30). The number of hydrogen-bond acceptors (Lipinski definition) is 4. The highest BCUT2D eigenvalue weighted by Gasteiger charge is 2.19. The van der Waals surface area contributed by atoms with Crippen molar-refractivity contribution in [1.82, 2.24) is 5.32 Å². The summed E-state index contributed by atoms with van der Waals surface area (Å²) in [6.07, 6.45) is 0. The van der Waals surface area contributed by atoms with Crippen molar-refractivity contribution in [3.63, 3.8) is 0 Å². The van der Waals surface area contributed by atoms with Crippen LogP contribution in [0.3, 0.4) is 0 Å². The average molecular weight is 497 g/mol. The third kappa shape index (κ3) is 6.18. The Kier molecular flexibility index (Phi) is 8.41. The van der Waals surface area contributed by atoms with E-state index in [4.69, 9.17) is 9.47 Å². The summed E-state index contributed by atoms with van der Waals surface area (Å²) in [5, 5.41) is 5.83. The van der Waals surface area contributed by atoms with Crippen LogP contribution in [0.25, 0.3) is 0 Å². The fourth-order valence-electron chi connectivity index (χ4n) is 3.12. The summed E-state index contributed by atoms with van der Waals surface area (Å²) in [6, 6.07) is 21.6. The van der Waals surface area contributed by atoms with Crippen molar-refractivity contribution in [2.75, 3.05) is 25.6 Å². The molecule has 3 aromatic carbocycles. The molecule has 0 bridgehead atoms. The summed E-state index contributed by atoms with van der Waals surface area (Å²) in [4.78, 5) is 26.0. The van der Waals surface area contributed by atoms with E-state index >= 15 is 0 Å². The van der Waals surface area contributed by atoms with E-state index in [-0.39, 0.29) is 17.9 Å². The zero-order valence-corrected chi connectivity index (χ0v) is 19.5. The third-order valence-corrected chi connectivity index (χ3v) is 5.29. The lowest BCUT2D eigenvalue weighted by molar-refractivity contribution is 0.0940. The van der Waals surface area contributed by atoms with E-state index in [9.17, 15) is 9.59 Å². The zero-order valence-electron chi connectivity index (χ0n) is 17.9. The number of hydrogen-bond donors (Lipinski definition) is 2. The molecule has 2 amide bonds. The average Bonchev–Trinajstić information content (AvgIpc) is 2.81. The molecule has 0 aliphatic heterocycles. The lowest BCUT2D eigenvalue weighted by atomic mass is 10.1. The van der Waals surface area contributed by atoms with Gasteiger partial charge in [0, 0.05) is 11.6 Å². The lowest BCUT2D eigenvalue weighted by Gasteiger charge is -2.17. The Balaban J connectivity index is 1.78. The van der Waals surface area contributed by atoms with Crippen molar-refractivity contribution in [2.24, 2.45) is 0 Å². The van der Waals surface area contributed by atoms with Crippen molar-refractivity contribution >= 4 is 33.4 Å². The van der Waals surface area contributed by atoms with Gasteiger partial charge in [0.2, 0.25) is 0 Å². The first kappa shape index (κ1) is 23.5. The number of rotatable bonds is 9. The molecule has 0 aromatic heterocycles. The van der Waals surface area contributed by atoms with Crippen LogP contribution in [-0.4, -0.2) is 32.1 Å².